The summed E-state index contributed by atoms with van der Waals surface area (Å²) in [6, 6.07) is 0. The van der Waals surface area contributed by atoms with Gasteiger partial charge in [-0.1, -0.05) is 11.6 Å². The smallest absolute Gasteiger partial charge is 0.225 e. The Kier molecular flexibility index (Phi) is 6.45. The van der Waals surface area contributed by atoms with E-state index in [1.807, 2.05) is 12.4 Å². The second-order valence-corrected chi connectivity index (χ2v) is 8.35. The van der Waals surface area contributed by atoms with Crippen molar-refractivity contribution in [2.45, 2.75) is 57.8 Å². The lowest BCUT2D eigenvalue weighted by Crippen LogP contribution is -2.41. The number of hydrogen-bond acceptors (Lipinski definition) is 5. The van der Waals surface area contributed by atoms with Crippen molar-refractivity contribution in [2.24, 2.45) is 5.92 Å². The van der Waals surface area contributed by atoms with E-state index in [0.717, 1.165) is 63.6 Å². The van der Waals surface area contributed by atoms with Gasteiger partial charge in [-0.05, 0) is 57.8 Å². The summed E-state index contributed by atoms with van der Waals surface area (Å²) in [6.45, 7) is 4.72. The van der Waals surface area contributed by atoms with Crippen molar-refractivity contribution in [3.63, 3.8) is 0 Å². The van der Waals surface area contributed by atoms with E-state index in [1.54, 1.807) is 0 Å². The Morgan fingerprint density at radius 2 is 1.75 bits per heavy atom. The van der Waals surface area contributed by atoms with E-state index in [4.69, 9.17) is 0 Å². The van der Waals surface area contributed by atoms with Crippen molar-refractivity contribution in [2.75, 3.05) is 42.5 Å². The Balaban J connectivity index is 1.20. The Morgan fingerprint density at radius 3 is 2.43 bits per heavy atom. The maximum atomic E-state index is 12.5. The van der Waals surface area contributed by atoms with Gasteiger partial charge in [-0.3, -0.25) is 4.79 Å². The third kappa shape index (κ3) is 4.83. The molecule has 1 amide bonds. The average molecular weight is 384 g/mol. The third-order valence-corrected chi connectivity index (χ3v) is 6.37. The second kappa shape index (κ2) is 9.39. The topological polar surface area (TPSA) is 61.4 Å². The van der Waals surface area contributed by atoms with E-state index in [0.29, 0.717) is 0 Å². The van der Waals surface area contributed by atoms with Crippen LogP contribution in [0.5, 0.6) is 0 Å². The second-order valence-electron chi connectivity index (χ2n) is 8.35. The molecule has 2 saturated heterocycles. The Labute approximate surface area is 168 Å². The van der Waals surface area contributed by atoms with Crippen LogP contribution < -0.4 is 15.1 Å². The summed E-state index contributed by atoms with van der Waals surface area (Å²) >= 11 is 0. The SMILES string of the molecule is O=C(NCCC1=CCCCC1)C1CCN(c2cnc(N3CCCC3)nc2)CC1. The molecule has 3 aliphatic rings. The number of amides is 1. The highest BCUT2D eigenvalue weighted by Crippen LogP contribution is 2.24. The minimum atomic E-state index is 0.140. The highest BCUT2D eigenvalue weighted by Gasteiger charge is 2.25. The number of carbonyl (C=O) groups excluding carboxylic acids is 1. The third-order valence-electron chi connectivity index (χ3n) is 6.37. The number of hydrogen-bond donors (Lipinski definition) is 1. The van der Waals surface area contributed by atoms with Crippen LogP contribution in [0, 0.1) is 5.92 Å². The van der Waals surface area contributed by atoms with E-state index in [9.17, 15) is 4.79 Å². The molecule has 1 N–H and O–H groups in total. The van der Waals surface area contributed by atoms with Crippen LogP contribution in [0.3, 0.4) is 0 Å². The van der Waals surface area contributed by atoms with E-state index >= 15 is 0 Å². The highest BCUT2D eigenvalue weighted by molar-refractivity contribution is 5.79. The van der Waals surface area contributed by atoms with Crippen LogP contribution in [0.25, 0.3) is 0 Å². The van der Waals surface area contributed by atoms with Gasteiger partial charge in [-0.2, -0.15) is 0 Å². The van der Waals surface area contributed by atoms with Gasteiger partial charge in [0.1, 0.15) is 0 Å². The summed E-state index contributed by atoms with van der Waals surface area (Å²) in [6.07, 6.45) is 16.6. The van der Waals surface area contributed by atoms with Crippen LogP contribution in [0.4, 0.5) is 11.6 Å². The van der Waals surface area contributed by atoms with Gasteiger partial charge in [0.2, 0.25) is 11.9 Å². The molecule has 0 spiro atoms. The normalized spacial score (nSPS) is 20.9. The lowest BCUT2D eigenvalue weighted by Gasteiger charge is -2.32. The summed E-state index contributed by atoms with van der Waals surface area (Å²) < 4.78 is 0. The molecular formula is C22H33N5O. The number of anilines is 2. The van der Waals surface area contributed by atoms with Gasteiger partial charge in [-0.15, -0.1) is 0 Å². The number of nitrogens with zero attached hydrogens (tertiary/aromatic N) is 4. The van der Waals surface area contributed by atoms with Gasteiger partial charge >= 0.3 is 0 Å². The zero-order chi connectivity index (χ0) is 19.2. The quantitative estimate of drug-likeness (QED) is 0.764. The molecular weight excluding hydrogens is 350 g/mol. The van der Waals surface area contributed by atoms with Gasteiger partial charge in [0.15, 0.2) is 0 Å². The first-order chi connectivity index (χ1) is 13.8. The van der Waals surface area contributed by atoms with E-state index < -0.39 is 0 Å². The van der Waals surface area contributed by atoms with Crippen LogP contribution in [-0.2, 0) is 4.79 Å². The Hall–Kier alpha value is -2.11. The fourth-order valence-electron chi connectivity index (χ4n) is 4.58. The summed E-state index contributed by atoms with van der Waals surface area (Å²) in [4.78, 5) is 26.2. The van der Waals surface area contributed by atoms with Gasteiger partial charge in [0.05, 0.1) is 18.1 Å². The van der Waals surface area contributed by atoms with Crippen LogP contribution in [0.1, 0.15) is 57.8 Å². The number of nitrogens with one attached hydrogen (secondary N) is 1. The first-order valence-corrected chi connectivity index (χ1v) is 11.1. The largest absolute Gasteiger partial charge is 0.369 e. The molecule has 4 rings (SSSR count). The van der Waals surface area contributed by atoms with E-state index in [-0.39, 0.29) is 11.8 Å². The molecule has 2 aliphatic heterocycles. The molecule has 1 aromatic rings. The predicted octanol–water partition coefficient (Wildman–Crippen LogP) is 3.30. The highest BCUT2D eigenvalue weighted by atomic mass is 16.1. The zero-order valence-electron chi connectivity index (χ0n) is 16.9. The fourth-order valence-corrected chi connectivity index (χ4v) is 4.58. The lowest BCUT2D eigenvalue weighted by molar-refractivity contribution is -0.125. The maximum absolute atomic E-state index is 12.5. The zero-order valence-corrected chi connectivity index (χ0v) is 16.9. The molecule has 1 aromatic heterocycles. The first kappa shape index (κ1) is 19.2. The van der Waals surface area contributed by atoms with Crippen LogP contribution in [0.2, 0.25) is 0 Å². The standard InChI is InChI=1S/C22H33N5O/c28-21(23-11-8-18-6-2-1-3-7-18)19-9-14-26(15-10-19)20-16-24-22(25-17-20)27-12-4-5-13-27/h6,16-17,19H,1-5,7-15H2,(H,23,28). The number of aromatic nitrogens is 2. The molecule has 0 aromatic carbocycles. The minimum Gasteiger partial charge on any atom is -0.369 e. The molecule has 2 fully saturated rings. The molecule has 152 valence electrons. The summed E-state index contributed by atoms with van der Waals surface area (Å²) in [5.74, 6) is 1.22. The molecule has 6 nitrogen and oxygen atoms in total. The average Bonchev–Trinajstić information content (AvgIpc) is 3.30. The molecule has 0 atom stereocenters. The molecule has 1 aliphatic carbocycles. The van der Waals surface area contributed by atoms with E-state index in [1.165, 1.54) is 44.1 Å². The number of carbonyl (C=O) groups is 1. The molecule has 0 unspecified atom stereocenters. The van der Waals surface area contributed by atoms with E-state index in [2.05, 4.69) is 31.2 Å². The lowest BCUT2D eigenvalue weighted by atomic mass is 9.95. The Bertz CT molecular complexity index is 673. The van der Waals surface area contributed by atoms with Gasteiger partial charge in [0.25, 0.3) is 0 Å². The van der Waals surface area contributed by atoms with Gasteiger partial charge in [-0.25, -0.2) is 9.97 Å². The van der Waals surface area contributed by atoms with Crippen molar-refractivity contribution < 1.29 is 4.79 Å². The molecule has 3 heterocycles. The monoisotopic (exact) mass is 383 g/mol. The van der Waals surface area contributed by atoms with Crippen LogP contribution >= 0.6 is 0 Å². The minimum absolute atomic E-state index is 0.140. The summed E-state index contributed by atoms with van der Waals surface area (Å²) in [5.41, 5.74) is 2.60. The van der Waals surface area contributed by atoms with Crippen molar-refractivity contribution in [1.82, 2.24) is 15.3 Å². The summed E-state index contributed by atoms with van der Waals surface area (Å²) in [7, 11) is 0. The van der Waals surface area contributed by atoms with Crippen LogP contribution in [-0.4, -0.2) is 48.6 Å². The molecule has 6 heteroatoms. The number of rotatable bonds is 6. The Morgan fingerprint density at radius 1 is 1.00 bits per heavy atom. The predicted molar refractivity (Wildman–Crippen MR) is 113 cm³/mol. The van der Waals surface area contributed by atoms with Crippen molar-refractivity contribution in [1.29, 1.82) is 0 Å². The maximum Gasteiger partial charge on any atom is 0.225 e. The first-order valence-electron chi connectivity index (χ1n) is 11.1. The number of piperidine rings is 1. The van der Waals surface area contributed by atoms with Gasteiger partial charge in [0, 0.05) is 38.6 Å². The molecule has 28 heavy (non-hydrogen) atoms. The molecule has 0 saturated carbocycles. The van der Waals surface area contributed by atoms with Crippen molar-refractivity contribution in [3.8, 4) is 0 Å². The van der Waals surface area contributed by atoms with Crippen LogP contribution in [0.15, 0.2) is 24.0 Å². The van der Waals surface area contributed by atoms with Gasteiger partial charge < -0.3 is 15.1 Å². The van der Waals surface area contributed by atoms with Crippen molar-refractivity contribution >= 4 is 17.5 Å². The summed E-state index contributed by atoms with van der Waals surface area (Å²) in [5, 5.41) is 3.16. The molecule has 0 radical (unpaired) electrons. The van der Waals surface area contributed by atoms with Crippen molar-refractivity contribution in [3.05, 3.63) is 24.0 Å². The fraction of sp³-hybridized carbons (Fsp3) is 0.682. The number of allylic oxidation sites excluding steroid dienone is 1. The molecule has 0 bridgehead atoms.